The van der Waals surface area contributed by atoms with Crippen LogP contribution in [0.15, 0.2) is 0 Å². The van der Waals surface area contributed by atoms with Crippen molar-refractivity contribution in [2.45, 2.75) is 58.3 Å². The summed E-state index contributed by atoms with van der Waals surface area (Å²) in [6, 6.07) is -0.139. The number of amides is 1. The van der Waals surface area contributed by atoms with Crippen LogP contribution >= 0.6 is 0 Å². The first-order valence-corrected chi connectivity index (χ1v) is 7.09. The van der Waals surface area contributed by atoms with Crippen molar-refractivity contribution in [3.8, 4) is 0 Å². The lowest BCUT2D eigenvalue weighted by Crippen LogP contribution is -2.44. The Labute approximate surface area is 113 Å². The number of hydrogen-bond donors (Lipinski definition) is 1. The predicted octanol–water partition coefficient (Wildman–Crippen LogP) is 1.51. The lowest BCUT2D eigenvalue weighted by atomic mass is 9.88. The van der Waals surface area contributed by atoms with Crippen LogP contribution in [0, 0.1) is 11.8 Å². The van der Waals surface area contributed by atoms with Gasteiger partial charge in [0.05, 0.1) is 24.5 Å². The largest absolute Gasteiger partial charge is 0.481 e. The molecule has 2 rings (SSSR count). The molecular formula is C14H23NO4. The fourth-order valence-electron chi connectivity index (χ4n) is 3.42. The topological polar surface area (TPSA) is 66.8 Å². The van der Waals surface area contributed by atoms with E-state index in [1.807, 2.05) is 20.8 Å². The fraction of sp³-hybridized carbons (Fsp3) is 0.857. The van der Waals surface area contributed by atoms with Crippen LogP contribution in [0.4, 0.5) is 0 Å². The van der Waals surface area contributed by atoms with Gasteiger partial charge in [0, 0.05) is 12.6 Å². The van der Waals surface area contributed by atoms with Gasteiger partial charge in [-0.3, -0.25) is 9.59 Å². The van der Waals surface area contributed by atoms with Gasteiger partial charge in [-0.15, -0.1) is 0 Å². The number of carbonyl (C=O) groups excluding carboxylic acids is 1. The normalized spacial score (nSPS) is 38.7. The summed E-state index contributed by atoms with van der Waals surface area (Å²) in [6.07, 6.45) is 1.75. The Morgan fingerprint density at radius 2 is 1.95 bits per heavy atom. The van der Waals surface area contributed by atoms with Crippen molar-refractivity contribution < 1.29 is 19.4 Å². The minimum atomic E-state index is -0.832. The first-order chi connectivity index (χ1) is 8.91. The third-order valence-corrected chi connectivity index (χ3v) is 4.60. The molecule has 1 N–H and O–H groups in total. The highest BCUT2D eigenvalue weighted by Crippen LogP contribution is 2.35. The smallest absolute Gasteiger partial charge is 0.305 e. The quantitative estimate of drug-likeness (QED) is 0.843. The van der Waals surface area contributed by atoms with Crippen molar-refractivity contribution in [3.63, 3.8) is 0 Å². The molecule has 0 aliphatic carbocycles. The molecule has 2 heterocycles. The molecule has 5 atom stereocenters. The Balaban J connectivity index is 2.08. The fourth-order valence-corrected chi connectivity index (χ4v) is 3.42. The molecule has 1 amide bonds. The molecule has 2 aliphatic rings. The second-order valence-corrected chi connectivity index (χ2v) is 5.86. The lowest BCUT2D eigenvalue weighted by Gasteiger charge is -2.29. The number of carboxylic acids is 1. The number of carboxylic acid groups (broad SMARTS) is 1. The monoisotopic (exact) mass is 269 g/mol. The summed E-state index contributed by atoms with van der Waals surface area (Å²) in [4.78, 5) is 25.3. The van der Waals surface area contributed by atoms with Crippen molar-refractivity contribution in [2.75, 3.05) is 6.54 Å². The first-order valence-electron chi connectivity index (χ1n) is 7.09. The summed E-state index contributed by atoms with van der Waals surface area (Å²) in [5.74, 6) is -0.701. The first kappa shape index (κ1) is 14.3. The summed E-state index contributed by atoms with van der Waals surface area (Å²) >= 11 is 0. The van der Waals surface area contributed by atoms with Crippen molar-refractivity contribution in [1.82, 2.24) is 4.90 Å². The van der Waals surface area contributed by atoms with Crippen molar-refractivity contribution in [3.05, 3.63) is 0 Å². The van der Waals surface area contributed by atoms with E-state index in [9.17, 15) is 9.59 Å². The van der Waals surface area contributed by atoms with Crippen LogP contribution in [0.3, 0.4) is 0 Å². The molecule has 0 spiro atoms. The van der Waals surface area contributed by atoms with Gasteiger partial charge in [-0.2, -0.15) is 0 Å². The van der Waals surface area contributed by atoms with Crippen LogP contribution in [0.5, 0.6) is 0 Å². The third kappa shape index (κ3) is 2.76. The zero-order chi connectivity index (χ0) is 14.2. The Morgan fingerprint density at radius 3 is 2.47 bits per heavy atom. The van der Waals surface area contributed by atoms with Gasteiger partial charge in [0.15, 0.2) is 0 Å². The van der Waals surface area contributed by atoms with E-state index in [1.165, 1.54) is 0 Å². The molecule has 2 fully saturated rings. The van der Waals surface area contributed by atoms with Crippen molar-refractivity contribution in [2.24, 2.45) is 11.8 Å². The molecule has 5 heteroatoms. The molecule has 0 aromatic rings. The molecule has 0 radical (unpaired) electrons. The molecule has 5 nitrogen and oxygen atoms in total. The van der Waals surface area contributed by atoms with Gasteiger partial charge < -0.3 is 14.7 Å². The average Bonchev–Trinajstić information content (AvgIpc) is 2.84. The summed E-state index contributed by atoms with van der Waals surface area (Å²) in [7, 11) is 0. The highest BCUT2D eigenvalue weighted by atomic mass is 16.5. The summed E-state index contributed by atoms with van der Waals surface area (Å²) in [5, 5.41) is 8.92. The molecule has 108 valence electrons. The third-order valence-electron chi connectivity index (χ3n) is 4.60. The molecule has 0 aromatic carbocycles. The number of carbonyl (C=O) groups is 2. The number of nitrogens with zero attached hydrogens (tertiary/aromatic N) is 1. The molecule has 0 saturated carbocycles. The van der Waals surface area contributed by atoms with E-state index in [2.05, 4.69) is 0 Å². The van der Waals surface area contributed by atoms with Gasteiger partial charge in [-0.05, 0) is 32.6 Å². The van der Waals surface area contributed by atoms with Crippen molar-refractivity contribution in [1.29, 1.82) is 0 Å². The SMILES string of the molecule is CC1OC(C)C(C(=O)N2CCCC2CC(=O)O)C1C. The highest BCUT2D eigenvalue weighted by molar-refractivity contribution is 5.81. The highest BCUT2D eigenvalue weighted by Gasteiger charge is 2.45. The van der Waals surface area contributed by atoms with E-state index in [1.54, 1.807) is 4.90 Å². The molecule has 0 bridgehead atoms. The zero-order valence-electron chi connectivity index (χ0n) is 11.8. The van der Waals surface area contributed by atoms with Crippen LogP contribution < -0.4 is 0 Å². The number of hydrogen-bond acceptors (Lipinski definition) is 3. The Hall–Kier alpha value is -1.10. The maximum Gasteiger partial charge on any atom is 0.305 e. The van der Waals surface area contributed by atoms with Gasteiger partial charge in [-0.25, -0.2) is 0 Å². The maximum absolute atomic E-state index is 12.7. The van der Waals surface area contributed by atoms with Crippen LogP contribution in [0.1, 0.15) is 40.0 Å². The van der Waals surface area contributed by atoms with Crippen LogP contribution in [-0.4, -0.2) is 46.7 Å². The second-order valence-electron chi connectivity index (χ2n) is 5.86. The summed E-state index contributed by atoms with van der Waals surface area (Å²) in [5.41, 5.74) is 0. The molecule has 5 unspecified atom stereocenters. The van der Waals surface area contributed by atoms with Gasteiger partial charge in [0.1, 0.15) is 0 Å². The average molecular weight is 269 g/mol. The summed E-state index contributed by atoms with van der Waals surface area (Å²) < 4.78 is 5.72. The van der Waals surface area contributed by atoms with Gasteiger partial charge in [-0.1, -0.05) is 6.92 Å². The zero-order valence-corrected chi connectivity index (χ0v) is 11.8. The van der Waals surface area contributed by atoms with Crippen LogP contribution in [0.2, 0.25) is 0 Å². The molecule has 0 aromatic heterocycles. The van der Waals surface area contributed by atoms with E-state index >= 15 is 0 Å². The number of rotatable bonds is 3. The number of ether oxygens (including phenoxy) is 1. The number of aliphatic carboxylic acids is 1. The van der Waals surface area contributed by atoms with E-state index in [0.29, 0.717) is 6.54 Å². The van der Waals surface area contributed by atoms with E-state index in [4.69, 9.17) is 9.84 Å². The maximum atomic E-state index is 12.7. The minimum absolute atomic E-state index is 0.0532. The van der Waals surface area contributed by atoms with Crippen molar-refractivity contribution >= 4 is 11.9 Å². The lowest BCUT2D eigenvalue weighted by molar-refractivity contribution is -0.142. The molecule has 2 saturated heterocycles. The van der Waals surface area contributed by atoms with Gasteiger partial charge in [0.2, 0.25) is 5.91 Å². The number of likely N-dealkylation sites (tertiary alicyclic amines) is 1. The Morgan fingerprint density at radius 1 is 1.26 bits per heavy atom. The predicted molar refractivity (Wildman–Crippen MR) is 69.7 cm³/mol. The van der Waals surface area contributed by atoms with Crippen LogP contribution in [0.25, 0.3) is 0 Å². The summed E-state index contributed by atoms with van der Waals surface area (Å²) in [6.45, 7) is 6.65. The van der Waals surface area contributed by atoms with E-state index in [0.717, 1.165) is 12.8 Å². The minimum Gasteiger partial charge on any atom is -0.481 e. The molecule has 2 aliphatic heterocycles. The van der Waals surface area contributed by atoms with E-state index < -0.39 is 5.97 Å². The standard InChI is InChI=1S/C14H23NO4/c1-8-9(2)19-10(3)13(8)14(18)15-6-4-5-11(15)7-12(16)17/h8-11,13H,4-7H2,1-3H3,(H,16,17). The second kappa shape index (κ2) is 5.49. The molecular weight excluding hydrogens is 246 g/mol. The van der Waals surface area contributed by atoms with Gasteiger partial charge >= 0.3 is 5.97 Å². The molecule has 19 heavy (non-hydrogen) atoms. The Bertz CT molecular complexity index is 370. The van der Waals surface area contributed by atoms with Crippen LogP contribution in [-0.2, 0) is 14.3 Å². The van der Waals surface area contributed by atoms with Gasteiger partial charge in [0.25, 0.3) is 0 Å². The Kier molecular flexibility index (Phi) is 4.13. The van der Waals surface area contributed by atoms with E-state index in [-0.39, 0.29) is 42.4 Å².